The van der Waals surface area contributed by atoms with Gasteiger partial charge < -0.3 is 24.4 Å². The summed E-state index contributed by atoms with van der Waals surface area (Å²) in [6, 6.07) is 5.19. The van der Waals surface area contributed by atoms with Crippen molar-refractivity contribution in [2.75, 3.05) is 33.4 Å². The topological polar surface area (TPSA) is 77.1 Å². The fraction of sp³-hybridized carbons (Fsp3) is 0.529. The maximum Gasteiger partial charge on any atom is 0.410 e. The molecule has 1 aromatic rings. The SMILES string of the molecule is CN(CCNC(=O)c1cccc2c1OCCO2)C(=O)OC(C)(C)C. The van der Waals surface area contributed by atoms with Gasteiger partial charge in [-0.15, -0.1) is 0 Å². The fourth-order valence-corrected chi connectivity index (χ4v) is 2.12. The van der Waals surface area contributed by atoms with Crippen molar-refractivity contribution in [1.82, 2.24) is 10.2 Å². The number of benzene rings is 1. The lowest BCUT2D eigenvalue weighted by molar-refractivity contribution is 0.0299. The minimum atomic E-state index is -0.547. The van der Waals surface area contributed by atoms with Crippen LogP contribution in [0.2, 0.25) is 0 Å². The summed E-state index contributed by atoms with van der Waals surface area (Å²) in [5, 5.41) is 2.77. The number of hydrogen-bond acceptors (Lipinski definition) is 5. The number of ether oxygens (including phenoxy) is 3. The lowest BCUT2D eigenvalue weighted by Crippen LogP contribution is -2.39. The summed E-state index contributed by atoms with van der Waals surface area (Å²) < 4.78 is 16.2. The minimum Gasteiger partial charge on any atom is -0.486 e. The van der Waals surface area contributed by atoms with Crippen LogP contribution in [0.25, 0.3) is 0 Å². The first-order chi connectivity index (χ1) is 11.3. The second kappa shape index (κ2) is 7.42. The van der Waals surface area contributed by atoms with Crippen molar-refractivity contribution < 1.29 is 23.8 Å². The van der Waals surface area contributed by atoms with Crippen molar-refractivity contribution in [3.05, 3.63) is 23.8 Å². The second-order valence-electron chi connectivity index (χ2n) is 6.49. The van der Waals surface area contributed by atoms with Crippen molar-refractivity contribution in [2.24, 2.45) is 0 Å². The Bertz CT molecular complexity index is 609. The van der Waals surface area contributed by atoms with Crippen molar-refractivity contribution in [3.8, 4) is 11.5 Å². The molecule has 1 heterocycles. The first-order valence-electron chi connectivity index (χ1n) is 7.89. The van der Waals surface area contributed by atoms with E-state index in [1.165, 1.54) is 4.90 Å². The maximum absolute atomic E-state index is 12.3. The van der Waals surface area contributed by atoms with E-state index in [1.54, 1.807) is 46.0 Å². The maximum atomic E-state index is 12.3. The number of fused-ring (bicyclic) bond motifs is 1. The molecule has 0 radical (unpaired) electrons. The molecule has 1 N–H and O–H groups in total. The predicted molar refractivity (Wildman–Crippen MR) is 88.6 cm³/mol. The molecule has 0 atom stereocenters. The van der Waals surface area contributed by atoms with E-state index in [0.717, 1.165) is 0 Å². The Labute approximate surface area is 141 Å². The van der Waals surface area contributed by atoms with Gasteiger partial charge in [-0.2, -0.15) is 0 Å². The largest absolute Gasteiger partial charge is 0.486 e. The number of hydrogen-bond donors (Lipinski definition) is 1. The van der Waals surface area contributed by atoms with Gasteiger partial charge in [0.15, 0.2) is 11.5 Å². The molecule has 24 heavy (non-hydrogen) atoms. The lowest BCUT2D eigenvalue weighted by atomic mass is 10.1. The lowest BCUT2D eigenvalue weighted by Gasteiger charge is -2.24. The Kier molecular flexibility index (Phi) is 5.54. The first kappa shape index (κ1) is 17.9. The molecule has 0 saturated carbocycles. The summed E-state index contributed by atoms with van der Waals surface area (Å²) in [6.45, 7) is 6.95. The first-order valence-corrected chi connectivity index (χ1v) is 7.89. The van der Waals surface area contributed by atoms with Gasteiger partial charge in [0.2, 0.25) is 0 Å². The zero-order valence-electron chi connectivity index (χ0n) is 14.5. The number of carbonyl (C=O) groups excluding carboxylic acids is 2. The number of nitrogens with one attached hydrogen (secondary N) is 1. The molecule has 0 saturated heterocycles. The normalized spacial score (nSPS) is 13.2. The molecule has 0 aliphatic carbocycles. The highest BCUT2D eigenvalue weighted by Gasteiger charge is 2.21. The van der Waals surface area contributed by atoms with Gasteiger partial charge in [0.25, 0.3) is 5.91 Å². The Morgan fingerprint density at radius 2 is 1.96 bits per heavy atom. The second-order valence-corrected chi connectivity index (χ2v) is 6.49. The number of nitrogens with zero attached hydrogens (tertiary/aromatic N) is 1. The molecular formula is C17H24N2O5. The van der Waals surface area contributed by atoms with Crippen LogP contribution >= 0.6 is 0 Å². The van der Waals surface area contributed by atoms with Crippen molar-refractivity contribution in [1.29, 1.82) is 0 Å². The third-order valence-corrected chi connectivity index (χ3v) is 3.25. The number of rotatable bonds is 4. The average molecular weight is 336 g/mol. The van der Waals surface area contributed by atoms with Crippen LogP contribution in [0.15, 0.2) is 18.2 Å². The monoisotopic (exact) mass is 336 g/mol. The molecule has 2 amide bonds. The van der Waals surface area contributed by atoms with Crippen molar-refractivity contribution >= 4 is 12.0 Å². The zero-order chi connectivity index (χ0) is 17.7. The van der Waals surface area contributed by atoms with Crippen LogP contribution in [-0.4, -0.2) is 55.9 Å². The zero-order valence-corrected chi connectivity index (χ0v) is 14.5. The highest BCUT2D eigenvalue weighted by molar-refractivity contribution is 5.97. The van der Waals surface area contributed by atoms with Crippen LogP contribution in [-0.2, 0) is 4.74 Å². The van der Waals surface area contributed by atoms with Crippen molar-refractivity contribution in [2.45, 2.75) is 26.4 Å². The standard InChI is InChI=1S/C17H24N2O5/c1-17(2,3)24-16(21)19(4)9-8-18-15(20)12-6-5-7-13-14(12)23-11-10-22-13/h5-7H,8-11H2,1-4H3,(H,18,20). The summed E-state index contributed by atoms with van der Waals surface area (Å²) >= 11 is 0. The number of likely N-dealkylation sites (N-methyl/N-ethyl adjacent to an activating group) is 1. The van der Waals surface area contributed by atoms with Gasteiger partial charge >= 0.3 is 6.09 Å². The van der Waals surface area contributed by atoms with Gasteiger partial charge in [-0.05, 0) is 32.9 Å². The highest BCUT2D eigenvalue weighted by atomic mass is 16.6. The van der Waals surface area contributed by atoms with Gasteiger partial charge in [-0.25, -0.2) is 4.79 Å². The molecule has 0 unspecified atom stereocenters. The summed E-state index contributed by atoms with van der Waals surface area (Å²) in [6.07, 6.45) is -0.425. The Morgan fingerprint density at radius 1 is 1.25 bits per heavy atom. The van der Waals surface area contributed by atoms with Gasteiger partial charge in [0.05, 0.1) is 5.56 Å². The molecule has 0 bridgehead atoms. The van der Waals surface area contributed by atoms with E-state index in [-0.39, 0.29) is 5.91 Å². The molecule has 0 spiro atoms. The Balaban J connectivity index is 1.87. The van der Waals surface area contributed by atoms with Crippen LogP contribution < -0.4 is 14.8 Å². The van der Waals surface area contributed by atoms with E-state index < -0.39 is 11.7 Å². The highest BCUT2D eigenvalue weighted by Crippen LogP contribution is 2.33. The van der Waals surface area contributed by atoms with Crippen molar-refractivity contribution in [3.63, 3.8) is 0 Å². The molecule has 1 aliphatic rings. The number of para-hydroxylation sites is 1. The van der Waals surface area contributed by atoms with Crippen LogP contribution in [0.1, 0.15) is 31.1 Å². The summed E-state index contributed by atoms with van der Waals surface area (Å²) in [4.78, 5) is 25.6. The van der Waals surface area contributed by atoms with E-state index in [4.69, 9.17) is 14.2 Å². The van der Waals surface area contributed by atoms with Crippen LogP contribution in [0.3, 0.4) is 0 Å². The van der Waals surface area contributed by atoms with E-state index in [9.17, 15) is 9.59 Å². The molecule has 7 nitrogen and oxygen atoms in total. The molecule has 1 aliphatic heterocycles. The molecule has 1 aromatic carbocycles. The fourth-order valence-electron chi connectivity index (χ4n) is 2.12. The van der Waals surface area contributed by atoms with E-state index in [2.05, 4.69) is 5.32 Å². The number of carbonyl (C=O) groups is 2. The molecule has 0 aromatic heterocycles. The average Bonchev–Trinajstić information content (AvgIpc) is 2.52. The molecular weight excluding hydrogens is 312 g/mol. The van der Waals surface area contributed by atoms with E-state index in [0.29, 0.717) is 43.4 Å². The summed E-state index contributed by atoms with van der Waals surface area (Å²) in [5.74, 6) is 0.761. The minimum absolute atomic E-state index is 0.269. The Hall–Kier alpha value is -2.44. The third-order valence-electron chi connectivity index (χ3n) is 3.25. The molecule has 2 rings (SSSR count). The Morgan fingerprint density at radius 3 is 2.67 bits per heavy atom. The molecule has 0 fully saturated rings. The summed E-state index contributed by atoms with van der Waals surface area (Å²) in [5.41, 5.74) is -0.123. The van der Waals surface area contributed by atoms with Gasteiger partial charge in [-0.3, -0.25) is 4.79 Å². The molecule has 7 heteroatoms. The number of amides is 2. The van der Waals surface area contributed by atoms with E-state index in [1.807, 2.05) is 0 Å². The van der Waals surface area contributed by atoms with Gasteiger partial charge in [0, 0.05) is 20.1 Å². The summed E-state index contributed by atoms with van der Waals surface area (Å²) in [7, 11) is 1.63. The smallest absolute Gasteiger partial charge is 0.410 e. The van der Waals surface area contributed by atoms with Crippen LogP contribution in [0, 0.1) is 0 Å². The van der Waals surface area contributed by atoms with Crippen LogP contribution in [0.5, 0.6) is 11.5 Å². The molecule has 132 valence electrons. The van der Waals surface area contributed by atoms with Gasteiger partial charge in [0.1, 0.15) is 18.8 Å². The van der Waals surface area contributed by atoms with Gasteiger partial charge in [-0.1, -0.05) is 6.07 Å². The van der Waals surface area contributed by atoms with Crippen LogP contribution in [0.4, 0.5) is 4.79 Å². The predicted octanol–water partition coefficient (Wildman–Crippen LogP) is 2.05. The quantitative estimate of drug-likeness (QED) is 0.911. The van der Waals surface area contributed by atoms with E-state index >= 15 is 0 Å². The third kappa shape index (κ3) is 4.78.